The molecule has 156 valence electrons. The first-order valence-electron chi connectivity index (χ1n) is 8.78. The maximum absolute atomic E-state index is 12.4. The summed E-state index contributed by atoms with van der Waals surface area (Å²) in [6.45, 7) is 5.29. The zero-order chi connectivity index (χ0) is 21.1. The molecule has 0 unspecified atom stereocenters. The summed E-state index contributed by atoms with van der Waals surface area (Å²) >= 11 is 0. The summed E-state index contributed by atoms with van der Waals surface area (Å²) in [7, 11) is 0. The van der Waals surface area contributed by atoms with Crippen molar-refractivity contribution in [2.45, 2.75) is 64.3 Å². The summed E-state index contributed by atoms with van der Waals surface area (Å²) in [6.07, 6.45) is -0.357. The lowest BCUT2D eigenvalue weighted by atomic mass is 10.0. The van der Waals surface area contributed by atoms with Crippen LogP contribution < -0.4 is 27.8 Å². The van der Waals surface area contributed by atoms with Gasteiger partial charge in [-0.3, -0.25) is 14.6 Å². The summed E-state index contributed by atoms with van der Waals surface area (Å²) in [5, 5.41) is 23.4. The average Bonchev–Trinajstić information content (AvgIpc) is 2.53. The number of hydrogen-bond donors (Lipinski definition) is 7. The van der Waals surface area contributed by atoms with Gasteiger partial charge in [0, 0.05) is 6.54 Å². The molecule has 0 fully saturated rings. The number of carbonyl (C=O) groups excluding carboxylic acids is 2. The topological polar surface area (TPSA) is 206 Å². The molecule has 0 spiro atoms. The van der Waals surface area contributed by atoms with E-state index < -0.39 is 42.0 Å². The Morgan fingerprint density at radius 2 is 1.67 bits per heavy atom. The Balaban J connectivity index is 5.09. The van der Waals surface area contributed by atoms with E-state index in [1.54, 1.807) is 0 Å². The number of carboxylic acid groups (broad SMARTS) is 1. The predicted molar refractivity (Wildman–Crippen MR) is 101 cm³/mol. The van der Waals surface area contributed by atoms with Gasteiger partial charge in [0.2, 0.25) is 11.8 Å². The third-order valence-corrected chi connectivity index (χ3v) is 3.69. The fourth-order valence-corrected chi connectivity index (χ4v) is 2.31. The Morgan fingerprint density at radius 1 is 1.07 bits per heavy atom. The Hall–Kier alpha value is -2.40. The first-order valence-corrected chi connectivity index (χ1v) is 8.78. The summed E-state index contributed by atoms with van der Waals surface area (Å²) in [5.41, 5.74) is 16.3. The Labute approximate surface area is 158 Å². The summed E-state index contributed by atoms with van der Waals surface area (Å²) in [5.74, 6) is -2.56. The van der Waals surface area contributed by atoms with E-state index in [0.717, 1.165) is 0 Å². The van der Waals surface area contributed by atoms with E-state index in [9.17, 15) is 19.5 Å². The normalized spacial score (nSPS) is 15.3. The average molecular weight is 388 g/mol. The van der Waals surface area contributed by atoms with Gasteiger partial charge in [-0.15, -0.1) is 0 Å². The number of aliphatic imine (C=N–C) groups is 1. The Morgan fingerprint density at radius 3 is 2.11 bits per heavy atom. The third-order valence-electron chi connectivity index (χ3n) is 3.69. The molecule has 0 bridgehead atoms. The molecule has 0 aliphatic rings. The molecule has 0 aliphatic carbocycles. The van der Waals surface area contributed by atoms with Crippen LogP contribution in [0.5, 0.6) is 0 Å². The number of nitrogens with one attached hydrogen (secondary N) is 2. The third kappa shape index (κ3) is 10.4. The molecule has 27 heavy (non-hydrogen) atoms. The van der Waals surface area contributed by atoms with Gasteiger partial charge in [0.15, 0.2) is 12.0 Å². The smallest absolute Gasteiger partial charge is 0.328 e. The van der Waals surface area contributed by atoms with Crippen LogP contribution in [0.1, 0.15) is 40.0 Å². The van der Waals surface area contributed by atoms with Gasteiger partial charge in [-0.2, -0.15) is 0 Å². The minimum absolute atomic E-state index is 0.0981. The molecule has 0 radical (unpaired) electrons. The van der Waals surface area contributed by atoms with E-state index >= 15 is 0 Å². The molecule has 0 aromatic heterocycles. The predicted octanol–water partition coefficient (Wildman–Crippen LogP) is -2.15. The molecule has 2 amide bonds. The van der Waals surface area contributed by atoms with E-state index in [1.165, 1.54) is 6.92 Å². The summed E-state index contributed by atoms with van der Waals surface area (Å²) in [4.78, 5) is 39.6. The number of rotatable bonds is 12. The van der Waals surface area contributed by atoms with E-state index in [-0.39, 0.29) is 24.8 Å². The van der Waals surface area contributed by atoms with E-state index in [2.05, 4.69) is 15.6 Å². The highest BCUT2D eigenvalue weighted by atomic mass is 16.4. The minimum Gasteiger partial charge on any atom is -0.480 e. The van der Waals surface area contributed by atoms with Crippen LogP contribution in [0.4, 0.5) is 0 Å². The number of aliphatic hydroxyl groups excluding tert-OH is 1. The molecule has 0 saturated carbocycles. The number of guanidine groups is 1. The van der Waals surface area contributed by atoms with Gasteiger partial charge in [0.25, 0.3) is 0 Å². The number of carbonyl (C=O) groups is 3. The van der Waals surface area contributed by atoms with Crippen LogP contribution in [0.25, 0.3) is 0 Å². The lowest BCUT2D eigenvalue weighted by Crippen LogP contribution is -2.56. The van der Waals surface area contributed by atoms with Crippen molar-refractivity contribution in [3.63, 3.8) is 0 Å². The molecule has 10 N–H and O–H groups in total. The number of carboxylic acids is 1. The SMILES string of the molecule is CC(C)C[C@H](N)C(=O)N[C@@H](CCCN=C(N)N)C(=O)N[C@H](C(=O)O)[C@@H](C)O. The van der Waals surface area contributed by atoms with Gasteiger partial charge in [-0.1, -0.05) is 13.8 Å². The van der Waals surface area contributed by atoms with Gasteiger partial charge >= 0.3 is 5.97 Å². The molecular formula is C16H32N6O5. The second-order valence-electron chi connectivity index (χ2n) is 6.81. The lowest BCUT2D eigenvalue weighted by molar-refractivity contribution is -0.145. The van der Waals surface area contributed by atoms with Crippen LogP contribution in [0.2, 0.25) is 0 Å². The lowest BCUT2D eigenvalue weighted by Gasteiger charge is -2.24. The van der Waals surface area contributed by atoms with Crippen LogP contribution >= 0.6 is 0 Å². The van der Waals surface area contributed by atoms with Crippen molar-refractivity contribution in [2.24, 2.45) is 28.1 Å². The first kappa shape index (κ1) is 24.6. The minimum atomic E-state index is -1.50. The van der Waals surface area contributed by atoms with Crippen LogP contribution in [-0.2, 0) is 14.4 Å². The number of aliphatic hydroxyl groups is 1. The standard InChI is InChI=1S/C16H32N6O5/c1-8(2)7-10(17)13(24)21-11(5-4-6-20-16(18)19)14(25)22-12(9(3)23)15(26)27/h8-12,23H,4-7,17H2,1-3H3,(H,21,24)(H,22,25)(H,26,27)(H4,18,19,20)/t9-,10+,11+,12+/m1/s1. The largest absolute Gasteiger partial charge is 0.480 e. The van der Waals surface area contributed by atoms with Crippen molar-refractivity contribution in [1.82, 2.24) is 10.6 Å². The second kappa shape index (κ2) is 12.1. The highest BCUT2D eigenvalue weighted by Crippen LogP contribution is 2.06. The number of nitrogens with zero attached hydrogens (tertiary/aromatic N) is 1. The van der Waals surface area contributed by atoms with Gasteiger partial charge in [0.1, 0.15) is 6.04 Å². The molecule has 0 saturated heterocycles. The van der Waals surface area contributed by atoms with Crippen molar-refractivity contribution < 1.29 is 24.6 Å². The van der Waals surface area contributed by atoms with Crippen molar-refractivity contribution >= 4 is 23.7 Å². The molecule has 11 nitrogen and oxygen atoms in total. The number of nitrogens with two attached hydrogens (primary N) is 3. The zero-order valence-electron chi connectivity index (χ0n) is 16.0. The monoisotopic (exact) mass is 388 g/mol. The molecule has 0 aliphatic heterocycles. The zero-order valence-corrected chi connectivity index (χ0v) is 16.0. The molecule has 0 rings (SSSR count). The van der Waals surface area contributed by atoms with Crippen LogP contribution in [0.3, 0.4) is 0 Å². The summed E-state index contributed by atoms with van der Waals surface area (Å²) < 4.78 is 0. The number of aliphatic carboxylic acids is 1. The molecular weight excluding hydrogens is 356 g/mol. The number of amides is 2. The van der Waals surface area contributed by atoms with E-state index in [1.807, 2.05) is 13.8 Å². The van der Waals surface area contributed by atoms with Gasteiger partial charge in [-0.25, -0.2) is 4.79 Å². The van der Waals surface area contributed by atoms with Crippen molar-refractivity contribution in [2.75, 3.05) is 6.54 Å². The maximum atomic E-state index is 12.4. The maximum Gasteiger partial charge on any atom is 0.328 e. The first-order chi connectivity index (χ1) is 12.5. The number of hydrogen-bond acceptors (Lipinski definition) is 6. The van der Waals surface area contributed by atoms with Crippen molar-refractivity contribution in [3.8, 4) is 0 Å². The second-order valence-corrected chi connectivity index (χ2v) is 6.81. The Bertz CT molecular complexity index is 533. The molecule has 11 heteroatoms. The summed E-state index contributed by atoms with van der Waals surface area (Å²) in [6, 6.07) is -3.34. The molecule has 4 atom stereocenters. The van der Waals surface area contributed by atoms with Crippen molar-refractivity contribution in [3.05, 3.63) is 0 Å². The molecule has 0 heterocycles. The Kier molecular flexibility index (Phi) is 11.0. The van der Waals surface area contributed by atoms with Gasteiger partial charge in [0.05, 0.1) is 12.1 Å². The van der Waals surface area contributed by atoms with Gasteiger partial charge < -0.3 is 38.0 Å². The highest BCUT2D eigenvalue weighted by Gasteiger charge is 2.30. The van der Waals surface area contributed by atoms with Crippen molar-refractivity contribution in [1.29, 1.82) is 0 Å². The fraction of sp³-hybridized carbons (Fsp3) is 0.750. The molecule has 0 aromatic rings. The van der Waals surface area contributed by atoms with Crippen LogP contribution in [-0.4, -0.2) is 64.7 Å². The molecule has 0 aromatic carbocycles. The highest BCUT2D eigenvalue weighted by molar-refractivity contribution is 5.91. The fourth-order valence-electron chi connectivity index (χ4n) is 2.31. The van der Waals surface area contributed by atoms with Gasteiger partial charge in [-0.05, 0) is 32.1 Å². The van der Waals surface area contributed by atoms with Crippen LogP contribution in [0, 0.1) is 5.92 Å². The van der Waals surface area contributed by atoms with Crippen LogP contribution in [0.15, 0.2) is 4.99 Å². The van der Waals surface area contributed by atoms with E-state index in [4.69, 9.17) is 22.3 Å². The quantitative estimate of drug-likeness (QED) is 0.111. The van der Waals surface area contributed by atoms with E-state index in [0.29, 0.717) is 12.8 Å².